The second kappa shape index (κ2) is 7.00. The monoisotopic (exact) mass is 362 g/mol. The van der Waals surface area contributed by atoms with Crippen molar-refractivity contribution in [3.8, 4) is 45.0 Å². The average Bonchev–Trinajstić information content (AvgIpc) is 3.43. The van der Waals surface area contributed by atoms with Gasteiger partial charge in [-0.3, -0.25) is 10.2 Å². The molecule has 28 heavy (non-hydrogen) atoms. The molecule has 4 nitrogen and oxygen atoms in total. The molecular weight excluding hydrogens is 344 g/mol. The summed E-state index contributed by atoms with van der Waals surface area (Å²) < 4.78 is 0. The van der Waals surface area contributed by atoms with E-state index < -0.39 is 0 Å². The molecule has 2 heterocycles. The predicted molar refractivity (Wildman–Crippen MR) is 112 cm³/mol. The molecule has 2 N–H and O–H groups in total. The quantitative estimate of drug-likeness (QED) is 0.424. The number of H-pyrrole nitrogens is 2. The lowest BCUT2D eigenvalue weighted by atomic mass is 9.99. The van der Waals surface area contributed by atoms with Crippen LogP contribution in [0.3, 0.4) is 0 Å². The molecule has 5 rings (SSSR count). The van der Waals surface area contributed by atoms with Gasteiger partial charge in [0.2, 0.25) is 0 Å². The lowest BCUT2D eigenvalue weighted by molar-refractivity contribution is 1.10. The Hall–Kier alpha value is -3.92. The minimum atomic E-state index is 0.905. The van der Waals surface area contributed by atoms with Gasteiger partial charge in [-0.05, 0) is 6.07 Å². The number of aromatic nitrogens is 4. The van der Waals surface area contributed by atoms with E-state index in [1.54, 1.807) is 0 Å². The van der Waals surface area contributed by atoms with Crippen molar-refractivity contribution in [2.45, 2.75) is 0 Å². The first-order valence-corrected chi connectivity index (χ1v) is 9.20. The van der Waals surface area contributed by atoms with Gasteiger partial charge in [0.05, 0.1) is 22.6 Å². The van der Waals surface area contributed by atoms with Crippen LogP contribution in [0.2, 0.25) is 0 Å². The van der Waals surface area contributed by atoms with Crippen molar-refractivity contribution in [2.24, 2.45) is 0 Å². The Balaban J connectivity index is 1.69. The summed E-state index contributed by atoms with van der Waals surface area (Å²) in [6.45, 7) is 0. The van der Waals surface area contributed by atoms with Gasteiger partial charge in [-0.2, -0.15) is 10.2 Å². The maximum Gasteiger partial charge on any atom is 0.102 e. The van der Waals surface area contributed by atoms with Crippen LogP contribution in [-0.2, 0) is 0 Å². The maximum atomic E-state index is 4.65. The Bertz CT molecular complexity index is 1130. The van der Waals surface area contributed by atoms with Crippen LogP contribution >= 0.6 is 0 Å². The van der Waals surface area contributed by atoms with Gasteiger partial charge in [0, 0.05) is 16.7 Å². The molecule has 0 aliphatic heterocycles. The smallest absolute Gasteiger partial charge is 0.102 e. The lowest BCUT2D eigenvalue weighted by Crippen LogP contribution is -1.85. The number of nitrogens with one attached hydrogen (secondary N) is 2. The Morgan fingerprint density at radius 1 is 0.536 bits per heavy atom. The SMILES string of the molecule is c1ccc(-c2cc(-c3c(-c4ccccc4)n[nH]c3-c3ccccc3)[nH]n2)cc1. The van der Waals surface area contributed by atoms with Crippen molar-refractivity contribution in [3.05, 3.63) is 97.1 Å². The highest BCUT2D eigenvalue weighted by Gasteiger charge is 2.20. The molecule has 0 atom stereocenters. The molecule has 134 valence electrons. The minimum absolute atomic E-state index is 0.905. The maximum absolute atomic E-state index is 4.65. The normalized spacial score (nSPS) is 10.9. The fourth-order valence-electron chi connectivity index (χ4n) is 3.43. The third-order valence-corrected chi connectivity index (χ3v) is 4.79. The van der Waals surface area contributed by atoms with Crippen molar-refractivity contribution < 1.29 is 0 Å². The Kier molecular flexibility index (Phi) is 4.07. The molecule has 4 heteroatoms. The molecule has 0 bridgehead atoms. The summed E-state index contributed by atoms with van der Waals surface area (Å²) in [6.07, 6.45) is 0. The van der Waals surface area contributed by atoms with Gasteiger partial charge in [-0.1, -0.05) is 91.0 Å². The zero-order valence-corrected chi connectivity index (χ0v) is 15.1. The Labute approximate surface area is 162 Å². The number of benzene rings is 3. The van der Waals surface area contributed by atoms with E-state index in [1.165, 1.54) is 0 Å². The summed E-state index contributed by atoms with van der Waals surface area (Å²) in [6, 6.07) is 32.7. The molecule has 0 aliphatic carbocycles. The first kappa shape index (κ1) is 16.3. The van der Waals surface area contributed by atoms with Crippen molar-refractivity contribution in [3.63, 3.8) is 0 Å². The van der Waals surface area contributed by atoms with Crippen molar-refractivity contribution in [1.82, 2.24) is 20.4 Å². The zero-order valence-electron chi connectivity index (χ0n) is 15.1. The highest BCUT2D eigenvalue weighted by atomic mass is 15.2. The van der Waals surface area contributed by atoms with E-state index in [1.807, 2.05) is 54.6 Å². The zero-order chi connectivity index (χ0) is 18.8. The Morgan fingerprint density at radius 3 is 1.75 bits per heavy atom. The molecule has 5 aromatic rings. The molecule has 0 saturated carbocycles. The topological polar surface area (TPSA) is 57.4 Å². The van der Waals surface area contributed by atoms with Crippen LogP contribution in [0, 0.1) is 0 Å². The fraction of sp³-hybridized carbons (Fsp3) is 0. The summed E-state index contributed by atoms with van der Waals surface area (Å²) in [5.74, 6) is 0. The van der Waals surface area contributed by atoms with Gasteiger partial charge in [0.25, 0.3) is 0 Å². The summed E-state index contributed by atoms with van der Waals surface area (Å²) >= 11 is 0. The third-order valence-electron chi connectivity index (χ3n) is 4.79. The molecule has 0 spiro atoms. The van der Waals surface area contributed by atoms with Crippen LogP contribution in [0.4, 0.5) is 0 Å². The first-order valence-electron chi connectivity index (χ1n) is 9.20. The molecule has 3 aromatic carbocycles. The lowest BCUT2D eigenvalue weighted by Gasteiger charge is -2.04. The molecule has 0 saturated heterocycles. The fourth-order valence-corrected chi connectivity index (χ4v) is 3.43. The predicted octanol–water partition coefficient (Wildman–Crippen LogP) is 5.80. The van der Waals surface area contributed by atoms with Gasteiger partial charge in [0.15, 0.2) is 0 Å². The van der Waals surface area contributed by atoms with Crippen LogP contribution in [0.5, 0.6) is 0 Å². The summed E-state index contributed by atoms with van der Waals surface area (Å²) in [5.41, 5.74) is 7.98. The van der Waals surface area contributed by atoms with Crippen LogP contribution in [0.25, 0.3) is 45.0 Å². The Morgan fingerprint density at radius 2 is 1.11 bits per heavy atom. The van der Waals surface area contributed by atoms with Crippen LogP contribution in [0.1, 0.15) is 0 Å². The van der Waals surface area contributed by atoms with E-state index in [-0.39, 0.29) is 0 Å². The molecule has 0 unspecified atom stereocenters. The van der Waals surface area contributed by atoms with E-state index in [4.69, 9.17) is 0 Å². The highest BCUT2D eigenvalue weighted by molar-refractivity contribution is 5.90. The van der Waals surface area contributed by atoms with E-state index in [0.717, 1.165) is 45.0 Å². The van der Waals surface area contributed by atoms with Gasteiger partial charge < -0.3 is 0 Å². The molecule has 0 fully saturated rings. The number of nitrogens with zero attached hydrogens (tertiary/aromatic N) is 2. The van der Waals surface area contributed by atoms with Crippen molar-refractivity contribution in [2.75, 3.05) is 0 Å². The average molecular weight is 362 g/mol. The van der Waals surface area contributed by atoms with Crippen LogP contribution in [-0.4, -0.2) is 20.4 Å². The minimum Gasteiger partial charge on any atom is -0.277 e. The van der Waals surface area contributed by atoms with Gasteiger partial charge in [-0.25, -0.2) is 0 Å². The highest BCUT2D eigenvalue weighted by Crippen LogP contribution is 2.38. The number of rotatable bonds is 4. The largest absolute Gasteiger partial charge is 0.277 e. The van der Waals surface area contributed by atoms with Gasteiger partial charge in [-0.15, -0.1) is 0 Å². The summed E-state index contributed by atoms with van der Waals surface area (Å²) in [7, 11) is 0. The van der Waals surface area contributed by atoms with E-state index in [2.05, 4.69) is 62.9 Å². The van der Waals surface area contributed by atoms with E-state index in [0.29, 0.717) is 0 Å². The standard InChI is InChI=1S/C24H18N4/c1-4-10-17(11-5-1)20-16-21(26-25-20)22-23(18-12-6-2-7-13-18)27-28-24(22)19-14-8-3-9-15-19/h1-16H,(H,25,26)(H,27,28). The third kappa shape index (κ3) is 2.91. The summed E-state index contributed by atoms with van der Waals surface area (Å²) in [4.78, 5) is 0. The van der Waals surface area contributed by atoms with Gasteiger partial charge >= 0.3 is 0 Å². The van der Waals surface area contributed by atoms with Crippen LogP contribution in [0.15, 0.2) is 97.1 Å². The first-order chi connectivity index (χ1) is 13.9. The van der Waals surface area contributed by atoms with Gasteiger partial charge in [0.1, 0.15) is 5.69 Å². The van der Waals surface area contributed by atoms with Crippen LogP contribution < -0.4 is 0 Å². The van der Waals surface area contributed by atoms with Crippen molar-refractivity contribution >= 4 is 0 Å². The van der Waals surface area contributed by atoms with E-state index in [9.17, 15) is 0 Å². The van der Waals surface area contributed by atoms with Crippen molar-refractivity contribution in [1.29, 1.82) is 0 Å². The second-order valence-electron chi connectivity index (χ2n) is 6.59. The number of aromatic amines is 2. The second-order valence-corrected chi connectivity index (χ2v) is 6.59. The number of hydrogen-bond acceptors (Lipinski definition) is 2. The molecule has 2 aromatic heterocycles. The van der Waals surface area contributed by atoms with E-state index >= 15 is 0 Å². The molecule has 0 aliphatic rings. The molecule has 0 amide bonds. The summed E-state index contributed by atoms with van der Waals surface area (Å²) in [5, 5.41) is 15.6. The molecular formula is C24H18N4. The molecule has 0 radical (unpaired) electrons. The number of hydrogen-bond donors (Lipinski definition) is 2.